The van der Waals surface area contributed by atoms with Gasteiger partial charge < -0.3 is 10.6 Å². The van der Waals surface area contributed by atoms with Crippen LogP contribution >= 0.6 is 0 Å². The zero-order valence-corrected chi connectivity index (χ0v) is 9.94. The van der Waals surface area contributed by atoms with Crippen molar-refractivity contribution in [1.29, 1.82) is 5.26 Å². The number of rotatable bonds is 4. The summed E-state index contributed by atoms with van der Waals surface area (Å²) < 4.78 is 0. The molecule has 0 bridgehead atoms. The van der Waals surface area contributed by atoms with Crippen molar-refractivity contribution in [3.8, 4) is 6.07 Å². The maximum absolute atomic E-state index is 8.82. The number of nitrogens with zero attached hydrogens (tertiary/aromatic N) is 4. The highest BCUT2D eigenvalue weighted by atomic mass is 15.2. The van der Waals surface area contributed by atoms with E-state index in [1.807, 2.05) is 25.7 Å². The van der Waals surface area contributed by atoms with Gasteiger partial charge in [0, 0.05) is 24.8 Å². The first-order chi connectivity index (χ1) is 7.58. The molecule has 0 aliphatic rings. The average Bonchev–Trinajstić information content (AvgIpc) is 2.29. The molecule has 1 rings (SSSR count). The summed E-state index contributed by atoms with van der Waals surface area (Å²) in [4.78, 5) is 10.2. The van der Waals surface area contributed by atoms with Crippen LogP contribution in [0.5, 0.6) is 0 Å². The van der Waals surface area contributed by atoms with Gasteiger partial charge in [-0.15, -0.1) is 0 Å². The fourth-order valence-corrected chi connectivity index (χ4v) is 1.50. The quantitative estimate of drug-likeness (QED) is 0.827. The molecule has 0 saturated heterocycles. The molecule has 16 heavy (non-hydrogen) atoms. The van der Waals surface area contributed by atoms with Crippen molar-refractivity contribution in [2.75, 3.05) is 23.7 Å². The molecule has 1 aromatic rings. The zero-order chi connectivity index (χ0) is 12.1. The summed E-state index contributed by atoms with van der Waals surface area (Å²) in [5.41, 5.74) is 6.54. The highest BCUT2D eigenvalue weighted by molar-refractivity contribution is 5.48. The molecule has 0 spiro atoms. The fraction of sp³-hybridized carbons (Fsp3) is 0.545. The van der Waals surface area contributed by atoms with Crippen LogP contribution in [0.25, 0.3) is 0 Å². The Labute approximate surface area is 95.9 Å². The van der Waals surface area contributed by atoms with Crippen molar-refractivity contribution in [3.63, 3.8) is 0 Å². The van der Waals surface area contributed by atoms with Crippen LogP contribution in [0.4, 0.5) is 11.8 Å². The largest absolute Gasteiger partial charge is 0.368 e. The Bertz CT molecular complexity index is 396. The van der Waals surface area contributed by atoms with Gasteiger partial charge in [0.1, 0.15) is 5.82 Å². The lowest BCUT2D eigenvalue weighted by atomic mass is 10.2. The highest BCUT2D eigenvalue weighted by Gasteiger charge is 2.13. The molecule has 0 aliphatic heterocycles. The Balaban J connectivity index is 2.95. The summed E-state index contributed by atoms with van der Waals surface area (Å²) in [6.07, 6.45) is 1.71. The van der Waals surface area contributed by atoms with E-state index in [9.17, 15) is 0 Å². The van der Waals surface area contributed by atoms with E-state index < -0.39 is 0 Å². The average molecular weight is 219 g/mol. The predicted molar refractivity (Wildman–Crippen MR) is 63.8 cm³/mol. The SMILES string of the molecule is CCN(CC(C)C#N)c1nc(N)ncc1C. The third-order valence-corrected chi connectivity index (χ3v) is 2.36. The smallest absolute Gasteiger partial charge is 0.221 e. The summed E-state index contributed by atoms with van der Waals surface area (Å²) >= 11 is 0. The van der Waals surface area contributed by atoms with Crippen molar-refractivity contribution in [3.05, 3.63) is 11.8 Å². The molecule has 5 heteroatoms. The van der Waals surface area contributed by atoms with Crippen LogP contribution in [-0.2, 0) is 0 Å². The number of aromatic nitrogens is 2. The molecule has 0 amide bonds. The highest BCUT2D eigenvalue weighted by Crippen LogP contribution is 2.17. The number of aryl methyl sites for hydroxylation is 1. The summed E-state index contributed by atoms with van der Waals surface area (Å²) in [6.45, 7) is 7.31. The van der Waals surface area contributed by atoms with Crippen LogP contribution in [-0.4, -0.2) is 23.1 Å². The van der Waals surface area contributed by atoms with Crippen molar-refractivity contribution in [1.82, 2.24) is 9.97 Å². The molecule has 0 aliphatic carbocycles. The van der Waals surface area contributed by atoms with Crippen molar-refractivity contribution < 1.29 is 0 Å². The van der Waals surface area contributed by atoms with Gasteiger partial charge in [0.25, 0.3) is 0 Å². The molecule has 1 aromatic heterocycles. The molecule has 0 fully saturated rings. The number of anilines is 2. The second-order valence-corrected chi connectivity index (χ2v) is 3.80. The van der Waals surface area contributed by atoms with Crippen molar-refractivity contribution in [2.24, 2.45) is 5.92 Å². The monoisotopic (exact) mass is 219 g/mol. The van der Waals surface area contributed by atoms with E-state index in [0.29, 0.717) is 6.54 Å². The lowest BCUT2D eigenvalue weighted by Gasteiger charge is -2.24. The molecule has 0 aromatic carbocycles. The number of nitrogens with two attached hydrogens (primary N) is 1. The van der Waals surface area contributed by atoms with Gasteiger partial charge in [-0.1, -0.05) is 0 Å². The minimum atomic E-state index is -0.0319. The Morgan fingerprint density at radius 3 is 2.88 bits per heavy atom. The number of nitrogen functional groups attached to an aromatic ring is 1. The lowest BCUT2D eigenvalue weighted by molar-refractivity contribution is 0.677. The van der Waals surface area contributed by atoms with Gasteiger partial charge in [-0.05, 0) is 20.8 Å². The molecule has 2 N–H and O–H groups in total. The molecule has 1 unspecified atom stereocenters. The van der Waals surface area contributed by atoms with Crippen LogP contribution in [0.2, 0.25) is 0 Å². The number of hydrogen-bond acceptors (Lipinski definition) is 5. The third-order valence-electron chi connectivity index (χ3n) is 2.36. The predicted octanol–water partition coefficient (Wildman–Crippen LogP) is 1.35. The van der Waals surface area contributed by atoms with E-state index in [2.05, 4.69) is 16.0 Å². The summed E-state index contributed by atoms with van der Waals surface area (Å²) in [6, 6.07) is 2.22. The maximum atomic E-state index is 8.82. The standard InChI is InChI=1S/C11H17N5/c1-4-16(7-8(2)5-12)10-9(3)6-14-11(13)15-10/h6,8H,4,7H2,1-3H3,(H2,13,14,15). The Morgan fingerprint density at radius 2 is 2.31 bits per heavy atom. The summed E-state index contributed by atoms with van der Waals surface area (Å²) in [7, 11) is 0. The minimum Gasteiger partial charge on any atom is -0.368 e. The van der Waals surface area contributed by atoms with E-state index in [4.69, 9.17) is 11.0 Å². The molecule has 0 saturated carbocycles. The first kappa shape index (κ1) is 12.2. The third kappa shape index (κ3) is 2.83. The van der Waals surface area contributed by atoms with E-state index in [1.54, 1.807) is 6.20 Å². The van der Waals surface area contributed by atoms with Crippen LogP contribution < -0.4 is 10.6 Å². The topological polar surface area (TPSA) is 78.8 Å². The van der Waals surface area contributed by atoms with Crippen LogP contribution in [0, 0.1) is 24.2 Å². The van der Waals surface area contributed by atoms with Crippen molar-refractivity contribution >= 4 is 11.8 Å². The Hall–Kier alpha value is -1.83. The molecule has 5 nitrogen and oxygen atoms in total. The molecular formula is C11H17N5. The second-order valence-electron chi connectivity index (χ2n) is 3.80. The van der Waals surface area contributed by atoms with Gasteiger partial charge in [-0.25, -0.2) is 4.98 Å². The second kappa shape index (κ2) is 5.31. The van der Waals surface area contributed by atoms with Gasteiger partial charge in [-0.3, -0.25) is 0 Å². The van der Waals surface area contributed by atoms with E-state index in [-0.39, 0.29) is 11.9 Å². The van der Waals surface area contributed by atoms with Gasteiger partial charge in [0.05, 0.1) is 12.0 Å². The normalized spacial score (nSPS) is 11.9. The lowest BCUT2D eigenvalue weighted by Crippen LogP contribution is -2.29. The fourth-order valence-electron chi connectivity index (χ4n) is 1.50. The molecule has 1 atom stereocenters. The van der Waals surface area contributed by atoms with Gasteiger partial charge in [-0.2, -0.15) is 10.2 Å². The molecule has 0 radical (unpaired) electrons. The Kier molecular flexibility index (Phi) is 4.06. The molecule has 1 heterocycles. The van der Waals surface area contributed by atoms with Crippen LogP contribution in [0.15, 0.2) is 6.20 Å². The zero-order valence-electron chi connectivity index (χ0n) is 9.94. The van der Waals surface area contributed by atoms with Crippen LogP contribution in [0.1, 0.15) is 19.4 Å². The van der Waals surface area contributed by atoms with Crippen molar-refractivity contribution in [2.45, 2.75) is 20.8 Å². The van der Waals surface area contributed by atoms with E-state index >= 15 is 0 Å². The molecular weight excluding hydrogens is 202 g/mol. The summed E-state index contributed by atoms with van der Waals surface area (Å²) in [5, 5.41) is 8.82. The van der Waals surface area contributed by atoms with E-state index in [1.165, 1.54) is 0 Å². The van der Waals surface area contributed by atoms with Gasteiger partial charge in [0.15, 0.2) is 0 Å². The number of hydrogen-bond donors (Lipinski definition) is 1. The minimum absolute atomic E-state index is 0.0319. The Morgan fingerprint density at radius 1 is 1.62 bits per heavy atom. The van der Waals surface area contributed by atoms with Crippen LogP contribution in [0.3, 0.4) is 0 Å². The summed E-state index contributed by atoms with van der Waals surface area (Å²) in [5.74, 6) is 1.05. The first-order valence-electron chi connectivity index (χ1n) is 5.32. The maximum Gasteiger partial charge on any atom is 0.221 e. The molecule has 86 valence electrons. The van der Waals surface area contributed by atoms with Gasteiger partial charge in [0.2, 0.25) is 5.95 Å². The number of nitriles is 1. The first-order valence-corrected chi connectivity index (χ1v) is 5.32. The van der Waals surface area contributed by atoms with E-state index in [0.717, 1.165) is 17.9 Å². The van der Waals surface area contributed by atoms with Gasteiger partial charge >= 0.3 is 0 Å².